The fourth-order valence-corrected chi connectivity index (χ4v) is 3.33. The van der Waals surface area contributed by atoms with Crippen LogP contribution < -0.4 is 10.6 Å². The molecular weight excluding hydrogens is 198 g/mol. The molecule has 2 N–H and O–H groups in total. The third kappa shape index (κ3) is 1.50. The van der Waals surface area contributed by atoms with Gasteiger partial charge in [-0.2, -0.15) is 0 Å². The summed E-state index contributed by atoms with van der Waals surface area (Å²) in [5.74, 6) is 1.54. The molecule has 0 spiro atoms. The molecule has 3 heteroatoms. The second kappa shape index (κ2) is 3.74. The molecule has 3 unspecified atom stereocenters. The second-order valence-electron chi connectivity index (χ2n) is 5.23. The van der Waals surface area contributed by atoms with E-state index in [1.807, 2.05) is 12.4 Å². The van der Waals surface area contributed by atoms with Crippen molar-refractivity contribution in [1.82, 2.24) is 4.98 Å². The largest absolute Gasteiger partial charge is 0.371 e. The van der Waals surface area contributed by atoms with Crippen LogP contribution in [-0.2, 0) is 0 Å². The van der Waals surface area contributed by atoms with E-state index in [0.29, 0.717) is 12.0 Å². The van der Waals surface area contributed by atoms with Crippen LogP contribution in [0.1, 0.15) is 18.4 Å². The molecule has 0 radical (unpaired) electrons. The summed E-state index contributed by atoms with van der Waals surface area (Å²) in [6.07, 6.45) is 6.37. The number of hydrogen-bond acceptors (Lipinski definition) is 3. The quantitative estimate of drug-likeness (QED) is 0.776. The Hall–Kier alpha value is -1.09. The molecule has 1 saturated carbocycles. The summed E-state index contributed by atoms with van der Waals surface area (Å²) < 4.78 is 0. The number of hydrogen-bond donors (Lipinski definition) is 1. The molecule has 2 fully saturated rings. The molecule has 0 aromatic carbocycles. The van der Waals surface area contributed by atoms with Crippen molar-refractivity contribution in [2.45, 2.75) is 25.8 Å². The van der Waals surface area contributed by atoms with Gasteiger partial charge >= 0.3 is 0 Å². The molecule has 0 bridgehead atoms. The lowest BCUT2D eigenvalue weighted by atomic mass is 9.98. The molecule has 1 aromatic rings. The maximum atomic E-state index is 6.16. The van der Waals surface area contributed by atoms with Crippen LogP contribution >= 0.6 is 0 Å². The Balaban J connectivity index is 1.82. The van der Waals surface area contributed by atoms with Crippen LogP contribution in [0.25, 0.3) is 0 Å². The van der Waals surface area contributed by atoms with Gasteiger partial charge in [-0.05, 0) is 43.2 Å². The van der Waals surface area contributed by atoms with Crippen molar-refractivity contribution < 1.29 is 0 Å². The maximum Gasteiger partial charge on any atom is 0.0427 e. The van der Waals surface area contributed by atoms with Gasteiger partial charge in [0.25, 0.3) is 0 Å². The molecule has 1 aromatic heterocycles. The molecule has 1 saturated heterocycles. The van der Waals surface area contributed by atoms with Crippen LogP contribution in [0.5, 0.6) is 0 Å². The van der Waals surface area contributed by atoms with Crippen LogP contribution in [-0.4, -0.2) is 24.1 Å². The molecular formula is C13H19N3. The SMILES string of the molecule is Cc1cnccc1N1CC2CCC(N)C2C1. The second-order valence-corrected chi connectivity index (χ2v) is 5.23. The zero-order valence-electron chi connectivity index (χ0n) is 9.76. The third-order valence-corrected chi connectivity index (χ3v) is 4.24. The third-order valence-electron chi connectivity index (χ3n) is 4.24. The van der Waals surface area contributed by atoms with Gasteiger partial charge in [0.1, 0.15) is 0 Å². The van der Waals surface area contributed by atoms with E-state index in [0.717, 1.165) is 12.5 Å². The zero-order chi connectivity index (χ0) is 11.1. The Kier molecular flexibility index (Phi) is 2.36. The van der Waals surface area contributed by atoms with Gasteiger partial charge in [0, 0.05) is 37.2 Å². The summed E-state index contributed by atoms with van der Waals surface area (Å²) in [6.45, 7) is 4.45. The fraction of sp³-hybridized carbons (Fsp3) is 0.615. The van der Waals surface area contributed by atoms with Crippen molar-refractivity contribution >= 4 is 5.69 Å². The highest BCUT2D eigenvalue weighted by Crippen LogP contribution is 2.39. The maximum absolute atomic E-state index is 6.16. The highest BCUT2D eigenvalue weighted by Gasteiger charge is 2.41. The summed E-state index contributed by atoms with van der Waals surface area (Å²) in [5.41, 5.74) is 8.78. The first kappa shape index (κ1) is 10.1. The van der Waals surface area contributed by atoms with E-state index in [-0.39, 0.29) is 0 Å². The molecule has 86 valence electrons. The number of nitrogens with two attached hydrogens (primary N) is 1. The van der Waals surface area contributed by atoms with E-state index in [1.165, 1.54) is 30.6 Å². The fourth-order valence-electron chi connectivity index (χ4n) is 3.33. The average Bonchev–Trinajstić information content (AvgIpc) is 2.82. The number of fused-ring (bicyclic) bond motifs is 1. The van der Waals surface area contributed by atoms with E-state index in [2.05, 4.69) is 22.9 Å². The van der Waals surface area contributed by atoms with Gasteiger partial charge < -0.3 is 10.6 Å². The molecule has 2 aliphatic rings. The normalized spacial score (nSPS) is 33.1. The van der Waals surface area contributed by atoms with Gasteiger partial charge in [0.15, 0.2) is 0 Å². The Bertz CT molecular complexity index is 391. The number of rotatable bonds is 1. The van der Waals surface area contributed by atoms with Gasteiger partial charge in [-0.25, -0.2) is 0 Å². The lowest BCUT2D eigenvalue weighted by Crippen LogP contribution is -2.30. The number of aromatic nitrogens is 1. The zero-order valence-corrected chi connectivity index (χ0v) is 9.76. The number of aryl methyl sites for hydroxylation is 1. The average molecular weight is 217 g/mol. The van der Waals surface area contributed by atoms with Crippen molar-refractivity contribution in [3.05, 3.63) is 24.0 Å². The standard InChI is InChI=1S/C13H19N3/c1-9-6-15-5-4-13(9)16-7-10-2-3-12(14)11(10)8-16/h4-6,10-12H,2-3,7-8,14H2,1H3. The molecule has 1 aliphatic carbocycles. The molecule has 3 rings (SSSR count). The van der Waals surface area contributed by atoms with Crippen LogP contribution in [0.3, 0.4) is 0 Å². The predicted molar refractivity (Wildman–Crippen MR) is 65.4 cm³/mol. The summed E-state index contributed by atoms with van der Waals surface area (Å²) in [6, 6.07) is 2.55. The van der Waals surface area contributed by atoms with E-state index < -0.39 is 0 Å². The molecule has 3 nitrogen and oxygen atoms in total. The van der Waals surface area contributed by atoms with Gasteiger partial charge in [0.2, 0.25) is 0 Å². The molecule has 16 heavy (non-hydrogen) atoms. The minimum atomic E-state index is 0.428. The Labute approximate surface area is 96.7 Å². The van der Waals surface area contributed by atoms with Crippen molar-refractivity contribution in [3.8, 4) is 0 Å². The molecule has 3 atom stereocenters. The van der Waals surface area contributed by atoms with E-state index in [4.69, 9.17) is 5.73 Å². The van der Waals surface area contributed by atoms with Crippen LogP contribution in [0.15, 0.2) is 18.5 Å². The van der Waals surface area contributed by atoms with Gasteiger partial charge in [-0.1, -0.05) is 0 Å². The highest BCUT2D eigenvalue weighted by molar-refractivity contribution is 5.52. The minimum absolute atomic E-state index is 0.428. The van der Waals surface area contributed by atoms with E-state index in [9.17, 15) is 0 Å². The topological polar surface area (TPSA) is 42.2 Å². The monoisotopic (exact) mass is 217 g/mol. The molecule has 2 heterocycles. The van der Waals surface area contributed by atoms with Crippen molar-refractivity contribution in [3.63, 3.8) is 0 Å². The smallest absolute Gasteiger partial charge is 0.0427 e. The van der Waals surface area contributed by atoms with Crippen LogP contribution in [0.2, 0.25) is 0 Å². The van der Waals surface area contributed by atoms with Crippen molar-refractivity contribution in [1.29, 1.82) is 0 Å². The van der Waals surface area contributed by atoms with Gasteiger partial charge in [0.05, 0.1) is 0 Å². The first-order valence-corrected chi connectivity index (χ1v) is 6.17. The van der Waals surface area contributed by atoms with Crippen LogP contribution in [0, 0.1) is 18.8 Å². The Morgan fingerprint density at radius 1 is 1.38 bits per heavy atom. The summed E-state index contributed by atoms with van der Waals surface area (Å²) in [4.78, 5) is 6.64. The van der Waals surface area contributed by atoms with E-state index >= 15 is 0 Å². The first-order valence-electron chi connectivity index (χ1n) is 6.17. The number of nitrogens with zero attached hydrogens (tertiary/aromatic N) is 2. The highest BCUT2D eigenvalue weighted by atomic mass is 15.2. The van der Waals surface area contributed by atoms with Crippen molar-refractivity contribution in [2.75, 3.05) is 18.0 Å². The summed E-state index contributed by atoms with van der Waals surface area (Å²) >= 11 is 0. The van der Waals surface area contributed by atoms with Gasteiger partial charge in [-0.3, -0.25) is 4.98 Å². The Morgan fingerprint density at radius 3 is 3.00 bits per heavy atom. The summed E-state index contributed by atoms with van der Waals surface area (Å²) in [7, 11) is 0. The number of anilines is 1. The summed E-state index contributed by atoms with van der Waals surface area (Å²) in [5, 5.41) is 0. The molecule has 0 amide bonds. The lowest BCUT2D eigenvalue weighted by Gasteiger charge is -2.22. The van der Waals surface area contributed by atoms with Gasteiger partial charge in [-0.15, -0.1) is 0 Å². The van der Waals surface area contributed by atoms with E-state index in [1.54, 1.807) is 0 Å². The van der Waals surface area contributed by atoms with Crippen molar-refractivity contribution in [2.24, 2.45) is 17.6 Å². The first-order chi connectivity index (χ1) is 7.75. The van der Waals surface area contributed by atoms with Crippen LogP contribution in [0.4, 0.5) is 5.69 Å². The number of pyridine rings is 1. The predicted octanol–water partition coefficient (Wildman–Crippen LogP) is 1.56. The lowest BCUT2D eigenvalue weighted by molar-refractivity contribution is 0.453. The Morgan fingerprint density at radius 2 is 2.25 bits per heavy atom. The molecule has 1 aliphatic heterocycles. The minimum Gasteiger partial charge on any atom is -0.371 e.